The maximum atomic E-state index is 13.7. The van der Waals surface area contributed by atoms with Crippen LogP contribution < -0.4 is 4.31 Å². The van der Waals surface area contributed by atoms with E-state index in [0.717, 1.165) is 45.6 Å². The molecule has 0 spiro atoms. The number of hydrogen-bond donors (Lipinski definition) is 0. The first kappa shape index (κ1) is 27.0. The third kappa shape index (κ3) is 5.64. The van der Waals surface area contributed by atoms with Gasteiger partial charge in [-0.1, -0.05) is 56.7 Å². The number of anilines is 1. The number of likely N-dealkylation sites (N-methyl/N-ethyl adjacent to an activating group) is 1. The number of fused-ring (bicyclic) bond motifs is 1. The molecule has 1 heterocycles. The highest BCUT2D eigenvalue weighted by Gasteiger charge is 2.26. The van der Waals surface area contributed by atoms with E-state index in [9.17, 15) is 13.2 Å². The molecule has 0 saturated heterocycles. The molecule has 0 radical (unpaired) electrons. The van der Waals surface area contributed by atoms with Crippen molar-refractivity contribution in [2.45, 2.75) is 39.0 Å². The van der Waals surface area contributed by atoms with E-state index in [-0.39, 0.29) is 10.7 Å². The zero-order valence-electron chi connectivity index (χ0n) is 21.9. The van der Waals surface area contributed by atoms with Crippen LogP contribution in [0.15, 0.2) is 77.7 Å². The summed E-state index contributed by atoms with van der Waals surface area (Å²) in [5.41, 5.74) is 2.86. The van der Waals surface area contributed by atoms with Crippen molar-refractivity contribution in [3.8, 4) is 0 Å². The normalized spacial score (nSPS) is 11.8. The molecule has 194 valence electrons. The summed E-state index contributed by atoms with van der Waals surface area (Å²) in [6.45, 7) is 10.8. The Morgan fingerprint density at radius 2 is 1.49 bits per heavy atom. The van der Waals surface area contributed by atoms with E-state index in [2.05, 4.69) is 25.7 Å². The van der Waals surface area contributed by atoms with E-state index in [1.807, 2.05) is 43.3 Å². The Morgan fingerprint density at radius 1 is 0.838 bits per heavy atom. The Hall–Kier alpha value is -3.00. The van der Waals surface area contributed by atoms with Crippen molar-refractivity contribution in [1.29, 1.82) is 0 Å². The molecule has 5 nitrogen and oxygen atoms in total. The summed E-state index contributed by atoms with van der Waals surface area (Å²) >= 11 is 1.66. The maximum absolute atomic E-state index is 13.7. The van der Waals surface area contributed by atoms with Crippen LogP contribution in [0.2, 0.25) is 0 Å². The van der Waals surface area contributed by atoms with Crippen molar-refractivity contribution in [3.05, 3.63) is 94.4 Å². The monoisotopic (exact) mass is 534 g/mol. The van der Waals surface area contributed by atoms with Gasteiger partial charge in [0.15, 0.2) is 5.78 Å². The van der Waals surface area contributed by atoms with Crippen LogP contribution in [0.4, 0.5) is 5.69 Å². The first-order chi connectivity index (χ1) is 17.8. The fourth-order valence-electron chi connectivity index (χ4n) is 4.52. The highest BCUT2D eigenvalue weighted by Crippen LogP contribution is 2.34. The van der Waals surface area contributed by atoms with Crippen molar-refractivity contribution in [2.24, 2.45) is 0 Å². The lowest BCUT2D eigenvalue weighted by atomic mass is 9.99. The minimum atomic E-state index is -3.78. The van der Waals surface area contributed by atoms with Crippen LogP contribution in [-0.2, 0) is 16.4 Å². The van der Waals surface area contributed by atoms with Gasteiger partial charge in [-0.15, -0.1) is 11.3 Å². The van der Waals surface area contributed by atoms with Crippen LogP contribution in [0, 0.1) is 6.92 Å². The van der Waals surface area contributed by atoms with Gasteiger partial charge in [-0.2, -0.15) is 0 Å². The second-order valence-electron chi connectivity index (χ2n) is 9.04. The summed E-state index contributed by atoms with van der Waals surface area (Å²) in [6.07, 6.45) is 0.784. The first-order valence-electron chi connectivity index (χ1n) is 12.8. The van der Waals surface area contributed by atoms with Crippen molar-refractivity contribution < 1.29 is 13.2 Å². The van der Waals surface area contributed by atoms with Gasteiger partial charge >= 0.3 is 0 Å². The fraction of sp³-hybridized carbons (Fsp3) is 0.300. The van der Waals surface area contributed by atoms with E-state index < -0.39 is 10.0 Å². The second kappa shape index (κ2) is 11.6. The van der Waals surface area contributed by atoms with E-state index in [0.29, 0.717) is 24.3 Å². The summed E-state index contributed by atoms with van der Waals surface area (Å²) in [6, 6.07) is 21.9. The summed E-state index contributed by atoms with van der Waals surface area (Å²) in [5, 5.41) is 0.973. The number of carbonyl (C=O) groups excluding carboxylic acids is 1. The molecule has 0 fully saturated rings. The molecular weight excluding hydrogens is 500 g/mol. The molecule has 0 aliphatic rings. The van der Waals surface area contributed by atoms with Crippen LogP contribution in [0.25, 0.3) is 10.1 Å². The van der Waals surface area contributed by atoms with Crippen LogP contribution in [-0.4, -0.2) is 45.3 Å². The van der Waals surface area contributed by atoms with Crippen LogP contribution in [0.1, 0.15) is 47.1 Å². The Labute approximate surface area is 224 Å². The van der Waals surface area contributed by atoms with Gasteiger partial charge in [0.1, 0.15) is 0 Å². The number of ketones is 1. The minimum Gasteiger partial charge on any atom is -0.302 e. The summed E-state index contributed by atoms with van der Waals surface area (Å²) in [5.74, 6) is -0.0306. The van der Waals surface area contributed by atoms with Gasteiger partial charge in [0.05, 0.1) is 10.6 Å². The average Bonchev–Trinajstić information content (AvgIpc) is 3.30. The fourth-order valence-corrected chi connectivity index (χ4v) is 7.11. The zero-order valence-corrected chi connectivity index (χ0v) is 23.5. The largest absolute Gasteiger partial charge is 0.302 e. The van der Waals surface area contributed by atoms with E-state index >= 15 is 0 Å². The van der Waals surface area contributed by atoms with Crippen molar-refractivity contribution in [3.63, 3.8) is 0 Å². The summed E-state index contributed by atoms with van der Waals surface area (Å²) in [7, 11) is -3.78. The molecule has 0 amide bonds. The summed E-state index contributed by atoms with van der Waals surface area (Å²) < 4.78 is 30.0. The number of hydrogen-bond acceptors (Lipinski definition) is 5. The Bertz CT molecular complexity index is 1470. The number of carbonyl (C=O) groups is 1. The molecule has 37 heavy (non-hydrogen) atoms. The molecular formula is C30H34N2O3S2. The molecule has 1 aromatic heterocycles. The van der Waals surface area contributed by atoms with Gasteiger partial charge in [-0.25, -0.2) is 8.42 Å². The lowest BCUT2D eigenvalue weighted by molar-refractivity contribution is 0.104. The lowest BCUT2D eigenvalue weighted by Gasteiger charge is -2.28. The minimum absolute atomic E-state index is 0.0306. The van der Waals surface area contributed by atoms with Gasteiger partial charge < -0.3 is 4.90 Å². The second-order valence-corrected chi connectivity index (χ2v) is 12.0. The molecule has 4 rings (SSSR count). The molecule has 0 aliphatic carbocycles. The van der Waals surface area contributed by atoms with Crippen LogP contribution in [0.5, 0.6) is 0 Å². The Morgan fingerprint density at radius 3 is 2.11 bits per heavy atom. The topological polar surface area (TPSA) is 57.7 Å². The van der Waals surface area contributed by atoms with Gasteiger partial charge in [-0.3, -0.25) is 9.10 Å². The quantitative estimate of drug-likeness (QED) is 0.205. The third-order valence-electron chi connectivity index (χ3n) is 6.76. The van der Waals surface area contributed by atoms with Crippen molar-refractivity contribution in [2.75, 3.05) is 30.5 Å². The number of aryl methyl sites for hydroxylation is 2. The number of benzene rings is 3. The molecule has 7 heteroatoms. The number of sulfonamides is 1. The van der Waals surface area contributed by atoms with Crippen LogP contribution >= 0.6 is 11.3 Å². The lowest BCUT2D eigenvalue weighted by Crippen LogP contribution is -2.38. The molecule has 0 bridgehead atoms. The van der Waals surface area contributed by atoms with E-state index in [4.69, 9.17) is 0 Å². The van der Waals surface area contributed by atoms with Gasteiger partial charge in [0.25, 0.3) is 10.0 Å². The molecule has 0 unspecified atom stereocenters. The smallest absolute Gasteiger partial charge is 0.264 e. The zero-order chi connectivity index (χ0) is 26.6. The molecule has 0 aliphatic heterocycles. The van der Waals surface area contributed by atoms with Gasteiger partial charge in [0.2, 0.25) is 0 Å². The molecule has 0 N–H and O–H groups in total. The molecule has 0 atom stereocenters. The van der Waals surface area contributed by atoms with E-state index in [1.54, 1.807) is 47.7 Å². The van der Waals surface area contributed by atoms with Crippen LogP contribution in [0.3, 0.4) is 0 Å². The molecule has 4 aromatic rings. The standard InChI is InChI=1S/C30H34N2O3S2/c1-5-27-29(26-10-8-9-11-28(26)36-27)30(33)23-14-16-24(17-15-23)32(21-20-31(6-2)7-3)37(34,35)25-18-12-22(4)13-19-25/h8-19H,5-7,20-21H2,1-4H3. The third-order valence-corrected chi connectivity index (χ3v) is 9.91. The SMILES string of the molecule is CCc1sc2ccccc2c1C(=O)c1ccc(N(CCN(CC)CC)S(=O)(=O)c2ccc(C)cc2)cc1. The first-order valence-corrected chi connectivity index (χ1v) is 15.0. The van der Waals surface area contributed by atoms with Gasteiger partial charge in [0, 0.05) is 39.2 Å². The number of nitrogens with zero attached hydrogens (tertiary/aromatic N) is 2. The molecule has 3 aromatic carbocycles. The highest BCUT2D eigenvalue weighted by molar-refractivity contribution is 7.92. The number of thiophene rings is 1. The van der Waals surface area contributed by atoms with E-state index in [1.165, 1.54) is 4.31 Å². The highest BCUT2D eigenvalue weighted by atomic mass is 32.2. The van der Waals surface area contributed by atoms with Gasteiger partial charge in [-0.05, 0) is 68.9 Å². The molecule has 0 saturated carbocycles. The van der Waals surface area contributed by atoms with Crippen molar-refractivity contribution in [1.82, 2.24) is 4.90 Å². The average molecular weight is 535 g/mol. The van der Waals surface area contributed by atoms with Crippen molar-refractivity contribution >= 4 is 42.9 Å². The Balaban J connectivity index is 1.70. The predicted octanol–water partition coefficient (Wildman–Crippen LogP) is 6.54. The summed E-state index contributed by atoms with van der Waals surface area (Å²) in [4.78, 5) is 17.1. The number of rotatable bonds is 11. The maximum Gasteiger partial charge on any atom is 0.264 e. The predicted molar refractivity (Wildman–Crippen MR) is 155 cm³/mol. The Kier molecular flexibility index (Phi) is 8.47.